The average molecular weight is 529 g/mol. The highest BCUT2D eigenvalue weighted by atomic mass is 16.1. The van der Waals surface area contributed by atoms with Gasteiger partial charge in [-0.3, -0.25) is 19.9 Å². The molecule has 1 fully saturated rings. The number of aromatic amines is 2. The molecular formula is C31H28N8O. The molecule has 7 rings (SSSR count). The fraction of sp³-hybridized carbons (Fsp3) is 0.194. The number of piperidine rings is 1. The zero-order valence-electron chi connectivity index (χ0n) is 21.8. The molecule has 0 unspecified atom stereocenters. The van der Waals surface area contributed by atoms with Crippen LogP contribution in [-0.2, 0) is 4.79 Å². The standard InChI is InChI=1S/C31H28N8O/c40-29(13-19-8-11-32-12-9-19)35-22-14-21(17-34-18-22)25-6-7-27-30(37-25)31(39-38-27)28-15-24-23(4-1-5-26(24)36-28)20-3-2-10-33-16-20/h1-7,10,14-19,32,36H,8-9,11-13H2,(H,35,40)(H,38,39). The van der Waals surface area contributed by atoms with Crippen LogP contribution in [0.4, 0.5) is 5.69 Å². The van der Waals surface area contributed by atoms with E-state index in [0.29, 0.717) is 18.0 Å². The van der Waals surface area contributed by atoms with Gasteiger partial charge in [0.25, 0.3) is 0 Å². The van der Waals surface area contributed by atoms with Crippen LogP contribution in [0.2, 0.25) is 0 Å². The fourth-order valence-electron chi connectivity index (χ4n) is 5.51. The maximum absolute atomic E-state index is 12.7. The van der Waals surface area contributed by atoms with E-state index in [0.717, 1.165) is 81.6 Å². The molecule has 9 heteroatoms. The first-order valence-corrected chi connectivity index (χ1v) is 13.5. The third-order valence-electron chi connectivity index (χ3n) is 7.55. The lowest BCUT2D eigenvalue weighted by atomic mass is 9.94. The van der Waals surface area contributed by atoms with Crippen molar-refractivity contribution in [3.8, 4) is 33.8 Å². The minimum absolute atomic E-state index is 0.0239. The molecule has 0 aliphatic carbocycles. The topological polar surface area (TPSA) is 124 Å². The molecule has 4 N–H and O–H groups in total. The molecule has 1 amide bonds. The van der Waals surface area contributed by atoms with Gasteiger partial charge < -0.3 is 15.6 Å². The van der Waals surface area contributed by atoms with Gasteiger partial charge in [-0.1, -0.05) is 18.2 Å². The number of H-pyrrole nitrogens is 2. The summed E-state index contributed by atoms with van der Waals surface area (Å²) in [6, 6.07) is 18.1. The molecule has 0 atom stereocenters. The van der Waals surface area contributed by atoms with Gasteiger partial charge in [-0.15, -0.1) is 0 Å². The summed E-state index contributed by atoms with van der Waals surface area (Å²) in [5, 5.41) is 15.2. The third-order valence-corrected chi connectivity index (χ3v) is 7.55. The number of aromatic nitrogens is 6. The molecule has 1 aromatic carbocycles. The van der Waals surface area contributed by atoms with E-state index in [2.05, 4.69) is 60.0 Å². The smallest absolute Gasteiger partial charge is 0.224 e. The Labute approximate surface area is 230 Å². The van der Waals surface area contributed by atoms with Crippen molar-refractivity contribution < 1.29 is 4.79 Å². The van der Waals surface area contributed by atoms with E-state index in [9.17, 15) is 4.79 Å². The first kappa shape index (κ1) is 24.2. The Balaban J connectivity index is 1.19. The predicted octanol–water partition coefficient (Wildman–Crippen LogP) is 5.56. The van der Waals surface area contributed by atoms with Crippen molar-refractivity contribution in [2.45, 2.75) is 19.3 Å². The maximum Gasteiger partial charge on any atom is 0.224 e. The maximum atomic E-state index is 12.7. The van der Waals surface area contributed by atoms with Gasteiger partial charge in [0.15, 0.2) is 0 Å². The number of fused-ring (bicyclic) bond motifs is 2. The van der Waals surface area contributed by atoms with Crippen LogP contribution in [0.3, 0.4) is 0 Å². The SMILES string of the molecule is O=C(CC1CCNCC1)Nc1cncc(-c2ccc3[nH]nc(-c4cc5c(-c6cccnc6)cccc5[nH]4)c3n2)c1. The van der Waals surface area contributed by atoms with E-state index < -0.39 is 0 Å². The number of hydrogen-bond donors (Lipinski definition) is 4. The lowest BCUT2D eigenvalue weighted by Gasteiger charge is -2.21. The van der Waals surface area contributed by atoms with Gasteiger partial charge in [0.05, 0.1) is 28.8 Å². The number of anilines is 1. The first-order valence-electron chi connectivity index (χ1n) is 13.5. The summed E-state index contributed by atoms with van der Waals surface area (Å²) in [6.07, 6.45) is 9.68. The molecule has 1 saturated heterocycles. The number of nitrogens with one attached hydrogen (secondary N) is 4. The van der Waals surface area contributed by atoms with Crippen LogP contribution in [-0.4, -0.2) is 49.1 Å². The van der Waals surface area contributed by atoms with Gasteiger partial charge in [-0.2, -0.15) is 5.10 Å². The van der Waals surface area contributed by atoms with Gasteiger partial charge in [-0.05, 0) is 73.8 Å². The first-order chi connectivity index (χ1) is 19.7. The van der Waals surface area contributed by atoms with Gasteiger partial charge in [0.2, 0.25) is 5.91 Å². The quantitative estimate of drug-likeness (QED) is 0.224. The molecule has 6 aromatic rings. The van der Waals surface area contributed by atoms with Crippen LogP contribution in [0.25, 0.3) is 55.7 Å². The normalized spacial score (nSPS) is 14.1. The summed E-state index contributed by atoms with van der Waals surface area (Å²) in [6.45, 7) is 1.95. The molecule has 6 heterocycles. The Bertz CT molecular complexity index is 1820. The number of rotatable bonds is 6. The lowest BCUT2D eigenvalue weighted by Crippen LogP contribution is -2.30. The van der Waals surface area contributed by atoms with Crippen LogP contribution in [0.5, 0.6) is 0 Å². The number of hydrogen-bond acceptors (Lipinski definition) is 6. The van der Waals surface area contributed by atoms with Gasteiger partial charge in [0.1, 0.15) is 11.2 Å². The highest BCUT2D eigenvalue weighted by Gasteiger charge is 2.18. The van der Waals surface area contributed by atoms with Crippen molar-refractivity contribution in [3.05, 3.63) is 79.4 Å². The van der Waals surface area contributed by atoms with Crippen molar-refractivity contribution in [2.75, 3.05) is 18.4 Å². The number of carbonyl (C=O) groups is 1. The second kappa shape index (κ2) is 10.3. The second-order valence-electron chi connectivity index (χ2n) is 10.3. The van der Waals surface area contributed by atoms with Crippen molar-refractivity contribution in [2.24, 2.45) is 5.92 Å². The van der Waals surface area contributed by atoms with Crippen LogP contribution in [0.15, 0.2) is 79.4 Å². The minimum Gasteiger partial charge on any atom is -0.353 e. The Morgan fingerprint density at radius 3 is 2.70 bits per heavy atom. The minimum atomic E-state index is 0.0239. The largest absolute Gasteiger partial charge is 0.353 e. The summed E-state index contributed by atoms with van der Waals surface area (Å²) in [5.74, 6) is 0.446. The van der Waals surface area contributed by atoms with Gasteiger partial charge in [0, 0.05) is 47.0 Å². The molecule has 40 heavy (non-hydrogen) atoms. The summed E-state index contributed by atoms with van der Waals surface area (Å²) in [7, 11) is 0. The monoisotopic (exact) mass is 528 g/mol. The molecule has 5 aromatic heterocycles. The number of amides is 1. The molecular weight excluding hydrogens is 500 g/mol. The van der Waals surface area contributed by atoms with Crippen molar-refractivity contribution >= 4 is 33.5 Å². The van der Waals surface area contributed by atoms with Gasteiger partial charge >= 0.3 is 0 Å². The van der Waals surface area contributed by atoms with Crippen LogP contribution < -0.4 is 10.6 Å². The lowest BCUT2D eigenvalue weighted by molar-refractivity contribution is -0.117. The number of benzene rings is 1. The van der Waals surface area contributed by atoms with E-state index in [1.54, 1.807) is 18.6 Å². The average Bonchev–Trinajstić information content (AvgIpc) is 3.62. The molecule has 0 radical (unpaired) electrons. The Kier molecular flexibility index (Phi) is 6.25. The van der Waals surface area contributed by atoms with Crippen molar-refractivity contribution in [3.63, 3.8) is 0 Å². The van der Waals surface area contributed by atoms with Crippen LogP contribution in [0, 0.1) is 5.92 Å². The van der Waals surface area contributed by atoms with E-state index >= 15 is 0 Å². The fourth-order valence-corrected chi connectivity index (χ4v) is 5.51. The second-order valence-corrected chi connectivity index (χ2v) is 10.3. The van der Waals surface area contributed by atoms with E-state index in [-0.39, 0.29) is 5.91 Å². The summed E-state index contributed by atoms with van der Waals surface area (Å²) in [4.78, 5) is 29.8. The van der Waals surface area contributed by atoms with Crippen LogP contribution in [0.1, 0.15) is 19.3 Å². The Morgan fingerprint density at radius 2 is 1.82 bits per heavy atom. The molecule has 198 valence electrons. The zero-order chi connectivity index (χ0) is 26.9. The summed E-state index contributed by atoms with van der Waals surface area (Å²) < 4.78 is 0. The van der Waals surface area contributed by atoms with E-state index in [1.807, 2.05) is 36.5 Å². The highest BCUT2D eigenvalue weighted by Crippen LogP contribution is 2.34. The highest BCUT2D eigenvalue weighted by molar-refractivity contribution is 6.00. The molecule has 0 saturated carbocycles. The van der Waals surface area contributed by atoms with Gasteiger partial charge in [-0.25, -0.2) is 4.98 Å². The molecule has 1 aliphatic rings. The van der Waals surface area contributed by atoms with Crippen molar-refractivity contribution in [1.29, 1.82) is 0 Å². The Morgan fingerprint density at radius 1 is 0.925 bits per heavy atom. The zero-order valence-corrected chi connectivity index (χ0v) is 21.8. The predicted molar refractivity (Wildman–Crippen MR) is 156 cm³/mol. The molecule has 1 aliphatic heterocycles. The number of carbonyl (C=O) groups excluding carboxylic acids is 1. The molecule has 9 nitrogen and oxygen atoms in total. The van der Waals surface area contributed by atoms with Crippen LogP contribution >= 0.6 is 0 Å². The molecule has 0 bridgehead atoms. The number of nitrogens with zero attached hydrogens (tertiary/aromatic N) is 4. The third kappa shape index (κ3) is 4.71. The number of pyridine rings is 3. The van der Waals surface area contributed by atoms with Crippen molar-refractivity contribution in [1.82, 2.24) is 35.5 Å². The summed E-state index contributed by atoms with van der Waals surface area (Å²) >= 11 is 0. The van der Waals surface area contributed by atoms with E-state index in [4.69, 9.17) is 4.98 Å². The van der Waals surface area contributed by atoms with E-state index in [1.165, 1.54) is 0 Å². The molecule has 0 spiro atoms. The Hall–Kier alpha value is -4.89. The summed E-state index contributed by atoms with van der Waals surface area (Å²) in [5.41, 5.74) is 8.63.